The van der Waals surface area contributed by atoms with E-state index in [1.54, 1.807) is 11.3 Å². The first kappa shape index (κ1) is 11.8. The summed E-state index contributed by atoms with van der Waals surface area (Å²) < 4.78 is 1.10. The highest BCUT2D eigenvalue weighted by Crippen LogP contribution is 2.29. The van der Waals surface area contributed by atoms with Crippen LogP contribution in [0, 0.1) is 13.8 Å². The lowest BCUT2D eigenvalue weighted by molar-refractivity contribution is 0.889. The van der Waals surface area contributed by atoms with E-state index in [1.807, 2.05) is 0 Å². The van der Waals surface area contributed by atoms with Gasteiger partial charge in [-0.15, -0.1) is 11.3 Å². The largest absolute Gasteiger partial charge is 0.320 e. The van der Waals surface area contributed by atoms with E-state index in [9.17, 15) is 0 Å². The summed E-state index contributed by atoms with van der Waals surface area (Å²) in [5, 5.41) is 2.07. The van der Waals surface area contributed by atoms with Gasteiger partial charge in [0.25, 0.3) is 0 Å². The van der Waals surface area contributed by atoms with Crippen molar-refractivity contribution in [2.45, 2.75) is 19.9 Å². The van der Waals surface area contributed by atoms with Crippen LogP contribution in [-0.4, -0.2) is 0 Å². The number of hydrogen-bond acceptors (Lipinski definition) is 2. The summed E-state index contributed by atoms with van der Waals surface area (Å²) in [6, 6.07) is 8.55. The van der Waals surface area contributed by atoms with Crippen molar-refractivity contribution < 1.29 is 0 Å². The molecule has 0 radical (unpaired) electrons. The molecule has 0 aliphatic rings. The van der Waals surface area contributed by atoms with Crippen molar-refractivity contribution in [3.8, 4) is 0 Å². The van der Waals surface area contributed by atoms with Crippen LogP contribution in [0.5, 0.6) is 0 Å². The molecule has 2 N–H and O–H groups in total. The molecule has 1 heterocycles. The summed E-state index contributed by atoms with van der Waals surface area (Å²) in [7, 11) is 0. The maximum absolute atomic E-state index is 6.26. The predicted molar refractivity (Wildman–Crippen MR) is 74.0 cm³/mol. The SMILES string of the molecule is Cc1cc(C)cc(C(N)c2cc(Br)cs2)c1. The van der Waals surface area contributed by atoms with E-state index in [-0.39, 0.29) is 6.04 Å². The number of aryl methyl sites for hydroxylation is 2. The Kier molecular flexibility index (Phi) is 3.47. The van der Waals surface area contributed by atoms with E-state index < -0.39 is 0 Å². The molecular formula is C13H14BrNS. The van der Waals surface area contributed by atoms with Gasteiger partial charge in [0.05, 0.1) is 6.04 Å². The molecule has 0 saturated heterocycles. The molecule has 1 unspecified atom stereocenters. The monoisotopic (exact) mass is 295 g/mol. The van der Waals surface area contributed by atoms with Gasteiger partial charge in [-0.3, -0.25) is 0 Å². The molecule has 2 rings (SSSR count). The van der Waals surface area contributed by atoms with Gasteiger partial charge in [0.1, 0.15) is 0 Å². The molecule has 0 amide bonds. The minimum Gasteiger partial charge on any atom is -0.320 e. The fraction of sp³-hybridized carbons (Fsp3) is 0.231. The first-order valence-corrected chi connectivity index (χ1v) is 6.81. The van der Waals surface area contributed by atoms with E-state index >= 15 is 0 Å². The maximum atomic E-state index is 6.26. The number of nitrogens with two attached hydrogens (primary N) is 1. The molecule has 1 nitrogen and oxygen atoms in total. The van der Waals surface area contributed by atoms with Crippen molar-refractivity contribution in [1.29, 1.82) is 0 Å². The van der Waals surface area contributed by atoms with Crippen LogP contribution in [0.4, 0.5) is 0 Å². The molecular weight excluding hydrogens is 282 g/mol. The average molecular weight is 296 g/mol. The zero-order valence-corrected chi connectivity index (χ0v) is 11.7. The second kappa shape index (κ2) is 4.70. The molecule has 1 atom stereocenters. The summed E-state index contributed by atoms with van der Waals surface area (Å²) >= 11 is 5.15. The minimum absolute atomic E-state index is 0.0186. The predicted octanol–water partition coefficient (Wildman–Crippen LogP) is 4.18. The molecule has 0 spiro atoms. The number of benzene rings is 1. The molecule has 84 valence electrons. The van der Waals surface area contributed by atoms with Gasteiger partial charge in [0.2, 0.25) is 0 Å². The third-order valence-corrected chi connectivity index (χ3v) is 4.27. The van der Waals surface area contributed by atoms with Crippen LogP contribution in [0.2, 0.25) is 0 Å². The lowest BCUT2D eigenvalue weighted by Crippen LogP contribution is -2.10. The van der Waals surface area contributed by atoms with Gasteiger partial charge in [-0.25, -0.2) is 0 Å². The Bertz CT molecular complexity index is 484. The number of hydrogen-bond donors (Lipinski definition) is 1. The van der Waals surface area contributed by atoms with Crippen molar-refractivity contribution in [3.05, 3.63) is 55.7 Å². The maximum Gasteiger partial charge on any atom is 0.0646 e. The standard InChI is InChI=1S/C13H14BrNS/c1-8-3-9(2)5-10(4-8)13(15)12-6-11(14)7-16-12/h3-7,13H,15H2,1-2H3. The lowest BCUT2D eigenvalue weighted by atomic mass is 10.0. The Morgan fingerprint density at radius 1 is 1.12 bits per heavy atom. The number of rotatable bonds is 2. The second-order valence-electron chi connectivity index (χ2n) is 4.07. The van der Waals surface area contributed by atoms with Crippen LogP contribution >= 0.6 is 27.3 Å². The Morgan fingerprint density at radius 3 is 2.25 bits per heavy atom. The highest BCUT2D eigenvalue weighted by atomic mass is 79.9. The molecule has 0 saturated carbocycles. The first-order valence-electron chi connectivity index (χ1n) is 5.14. The summed E-state index contributed by atoms with van der Waals surface area (Å²) in [4.78, 5) is 1.19. The smallest absolute Gasteiger partial charge is 0.0646 e. The normalized spacial score (nSPS) is 12.8. The summed E-state index contributed by atoms with van der Waals surface area (Å²) in [5.41, 5.74) is 9.97. The Morgan fingerprint density at radius 2 is 1.75 bits per heavy atom. The van der Waals surface area contributed by atoms with Gasteiger partial charge in [-0.05, 0) is 41.4 Å². The Hall–Kier alpha value is -0.640. The van der Waals surface area contributed by atoms with Gasteiger partial charge in [-0.1, -0.05) is 29.3 Å². The number of thiophene rings is 1. The van der Waals surface area contributed by atoms with E-state index in [4.69, 9.17) is 5.73 Å². The Labute approximate surface area is 108 Å². The molecule has 1 aromatic carbocycles. The van der Waals surface area contributed by atoms with Gasteiger partial charge in [0.15, 0.2) is 0 Å². The highest BCUT2D eigenvalue weighted by molar-refractivity contribution is 9.10. The van der Waals surface area contributed by atoms with Crippen LogP contribution in [0.15, 0.2) is 34.1 Å². The minimum atomic E-state index is -0.0186. The van der Waals surface area contributed by atoms with Crippen molar-refractivity contribution in [3.63, 3.8) is 0 Å². The van der Waals surface area contributed by atoms with Crippen LogP contribution in [0.25, 0.3) is 0 Å². The zero-order valence-electron chi connectivity index (χ0n) is 9.33. The molecule has 0 aliphatic heterocycles. The average Bonchev–Trinajstić information content (AvgIpc) is 2.62. The van der Waals surface area contributed by atoms with E-state index in [2.05, 4.69) is 59.4 Å². The molecule has 0 fully saturated rings. The van der Waals surface area contributed by atoms with E-state index in [1.165, 1.54) is 21.6 Å². The van der Waals surface area contributed by atoms with E-state index in [0.717, 1.165) is 4.47 Å². The summed E-state index contributed by atoms with van der Waals surface area (Å²) in [5.74, 6) is 0. The molecule has 2 aromatic rings. The molecule has 1 aromatic heterocycles. The van der Waals surface area contributed by atoms with Gasteiger partial charge < -0.3 is 5.73 Å². The van der Waals surface area contributed by atoms with Gasteiger partial charge >= 0.3 is 0 Å². The molecule has 16 heavy (non-hydrogen) atoms. The van der Waals surface area contributed by atoms with Crippen LogP contribution in [0.3, 0.4) is 0 Å². The summed E-state index contributed by atoms with van der Waals surface area (Å²) in [6.45, 7) is 4.21. The molecule has 0 bridgehead atoms. The summed E-state index contributed by atoms with van der Waals surface area (Å²) in [6.07, 6.45) is 0. The quantitative estimate of drug-likeness (QED) is 0.884. The lowest BCUT2D eigenvalue weighted by Gasteiger charge is -2.11. The van der Waals surface area contributed by atoms with Crippen molar-refractivity contribution in [1.82, 2.24) is 0 Å². The van der Waals surface area contributed by atoms with E-state index in [0.29, 0.717) is 0 Å². The van der Waals surface area contributed by atoms with Crippen molar-refractivity contribution in [2.75, 3.05) is 0 Å². The van der Waals surface area contributed by atoms with Crippen molar-refractivity contribution >= 4 is 27.3 Å². The van der Waals surface area contributed by atoms with Crippen molar-refractivity contribution in [2.24, 2.45) is 5.73 Å². The zero-order chi connectivity index (χ0) is 11.7. The van der Waals surface area contributed by atoms with Crippen LogP contribution < -0.4 is 5.73 Å². The number of halogens is 1. The van der Waals surface area contributed by atoms with Crippen LogP contribution in [0.1, 0.15) is 27.6 Å². The fourth-order valence-corrected chi connectivity index (χ4v) is 3.32. The highest BCUT2D eigenvalue weighted by Gasteiger charge is 2.11. The third kappa shape index (κ3) is 2.54. The first-order chi connectivity index (χ1) is 7.56. The van der Waals surface area contributed by atoms with Gasteiger partial charge in [-0.2, -0.15) is 0 Å². The second-order valence-corrected chi connectivity index (χ2v) is 5.92. The van der Waals surface area contributed by atoms with Crippen LogP contribution in [-0.2, 0) is 0 Å². The third-order valence-electron chi connectivity index (χ3n) is 2.50. The fourth-order valence-electron chi connectivity index (χ4n) is 1.85. The Balaban J connectivity index is 2.37. The molecule has 3 heteroatoms. The van der Waals surface area contributed by atoms with Gasteiger partial charge in [0, 0.05) is 14.7 Å². The topological polar surface area (TPSA) is 26.0 Å². The molecule has 0 aliphatic carbocycles.